The Morgan fingerprint density at radius 2 is 1.67 bits per heavy atom. The Labute approximate surface area is 160 Å². The predicted molar refractivity (Wildman–Crippen MR) is 105 cm³/mol. The molecule has 0 aromatic heterocycles. The fraction of sp³-hybridized carbons (Fsp3) is 0.391. The number of hydrogen-bond donors (Lipinski definition) is 1. The van der Waals surface area contributed by atoms with Crippen LogP contribution in [0.5, 0.6) is 0 Å². The molecule has 4 nitrogen and oxygen atoms in total. The lowest BCUT2D eigenvalue weighted by atomic mass is 9.98. The zero-order valence-corrected chi connectivity index (χ0v) is 15.7. The molecule has 2 aromatic rings. The van der Waals surface area contributed by atoms with E-state index >= 15 is 0 Å². The molecule has 0 unspecified atom stereocenters. The van der Waals surface area contributed by atoms with Crippen molar-refractivity contribution in [3.05, 3.63) is 71.8 Å². The van der Waals surface area contributed by atoms with Crippen LogP contribution >= 0.6 is 0 Å². The molecule has 0 radical (unpaired) electrons. The summed E-state index contributed by atoms with van der Waals surface area (Å²) in [5, 5.41) is 3.12. The molecule has 0 bridgehead atoms. The Morgan fingerprint density at radius 1 is 1.04 bits per heavy atom. The van der Waals surface area contributed by atoms with Crippen LogP contribution in [0.2, 0.25) is 0 Å². The maximum atomic E-state index is 13.3. The smallest absolute Gasteiger partial charge is 0.243 e. The number of rotatable bonds is 5. The minimum absolute atomic E-state index is 0.00841. The van der Waals surface area contributed by atoms with E-state index in [-0.39, 0.29) is 29.8 Å². The van der Waals surface area contributed by atoms with E-state index in [1.165, 1.54) is 5.56 Å². The Balaban J connectivity index is 1.54. The van der Waals surface area contributed by atoms with Crippen molar-refractivity contribution in [2.45, 2.75) is 44.2 Å². The second-order valence-electron chi connectivity index (χ2n) is 7.63. The molecule has 27 heavy (non-hydrogen) atoms. The number of carbonyl (C=O) groups excluding carboxylic acids is 2. The number of nitrogens with zero attached hydrogens (tertiary/aromatic N) is 1. The van der Waals surface area contributed by atoms with Crippen molar-refractivity contribution in [3.8, 4) is 0 Å². The third kappa shape index (κ3) is 3.61. The van der Waals surface area contributed by atoms with Gasteiger partial charge in [0.2, 0.25) is 11.8 Å². The van der Waals surface area contributed by atoms with Crippen LogP contribution in [0.4, 0.5) is 0 Å². The lowest BCUT2D eigenvalue weighted by Gasteiger charge is -2.40. The summed E-state index contributed by atoms with van der Waals surface area (Å²) < 4.78 is 0. The lowest BCUT2D eigenvalue weighted by molar-refractivity contribution is -0.146. The minimum Gasteiger partial charge on any atom is -0.346 e. The van der Waals surface area contributed by atoms with Crippen molar-refractivity contribution in [2.24, 2.45) is 5.92 Å². The zero-order chi connectivity index (χ0) is 18.8. The lowest BCUT2D eigenvalue weighted by Crippen LogP contribution is -2.58. The van der Waals surface area contributed by atoms with Crippen LogP contribution < -0.4 is 5.32 Å². The first kappa shape index (κ1) is 17.8. The maximum Gasteiger partial charge on any atom is 0.243 e. The zero-order valence-electron chi connectivity index (χ0n) is 15.7. The molecule has 2 fully saturated rings. The van der Waals surface area contributed by atoms with Gasteiger partial charge in [0, 0.05) is 12.5 Å². The third-order valence-corrected chi connectivity index (χ3v) is 5.76. The molecule has 2 amide bonds. The molecular weight excluding hydrogens is 336 g/mol. The topological polar surface area (TPSA) is 49.4 Å². The molecule has 1 saturated carbocycles. The van der Waals surface area contributed by atoms with E-state index in [4.69, 9.17) is 0 Å². The van der Waals surface area contributed by atoms with E-state index in [0.717, 1.165) is 18.4 Å². The highest BCUT2D eigenvalue weighted by Gasteiger charge is 2.49. The molecule has 1 N–H and O–H groups in total. The van der Waals surface area contributed by atoms with Crippen molar-refractivity contribution >= 4 is 11.8 Å². The second-order valence-corrected chi connectivity index (χ2v) is 7.63. The highest BCUT2D eigenvalue weighted by molar-refractivity contribution is 5.91. The number of hydrogen-bond acceptors (Lipinski definition) is 2. The summed E-state index contributed by atoms with van der Waals surface area (Å²) in [6.07, 6.45) is 2.47. The highest BCUT2D eigenvalue weighted by Crippen LogP contribution is 2.49. The second kappa shape index (κ2) is 7.55. The molecule has 1 aliphatic heterocycles. The molecule has 4 heteroatoms. The number of benzene rings is 2. The van der Waals surface area contributed by atoms with Gasteiger partial charge < -0.3 is 10.2 Å². The van der Waals surface area contributed by atoms with E-state index in [1.54, 1.807) is 0 Å². The summed E-state index contributed by atoms with van der Waals surface area (Å²) in [6.45, 7) is 2.61. The van der Waals surface area contributed by atoms with Gasteiger partial charge in [-0.15, -0.1) is 0 Å². The highest BCUT2D eigenvalue weighted by atomic mass is 16.2. The quantitative estimate of drug-likeness (QED) is 0.882. The fourth-order valence-corrected chi connectivity index (χ4v) is 4.21. The van der Waals surface area contributed by atoms with Gasteiger partial charge in [0.1, 0.15) is 6.04 Å². The first-order valence-corrected chi connectivity index (χ1v) is 9.89. The first-order valence-electron chi connectivity index (χ1n) is 9.89. The van der Waals surface area contributed by atoms with Crippen LogP contribution in [0.15, 0.2) is 60.7 Å². The monoisotopic (exact) mass is 362 g/mol. The van der Waals surface area contributed by atoms with Gasteiger partial charge in [-0.3, -0.25) is 9.59 Å². The van der Waals surface area contributed by atoms with E-state index in [0.29, 0.717) is 18.9 Å². The molecule has 140 valence electrons. The summed E-state index contributed by atoms with van der Waals surface area (Å²) in [5.74, 6) is 0.413. The van der Waals surface area contributed by atoms with Crippen LogP contribution in [-0.4, -0.2) is 29.3 Å². The minimum atomic E-state index is -0.348. The Hall–Kier alpha value is -2.62. The summed E-state index contributed by atoms with van der Waals surface area (Å²) in [6, 6.07) is 19.7. The van der Waals surface area contributed by atoms with Crippen molar-refractivity contribution in [3.63, 3.8) is 0 Å². The summed E-state index contributed by atoms with van der Waals surface area (Å²) in [4.78, 5) is 27.9. The van der Waals surface area contributed by atoms with Crippen LogP contribution in [0.3, 0.4) is 0 Å². The summed E-state index contributed by atoms with van der Waals surface area (Å²) >= 11 is 0. The molecule has 1 aliphatic carbocycles. The average molecular weight is 362 g/mol. The van der Waals surface area contributed by atoms with E-state index in [9.17, 15) is 9.59 Å². The Kier molecular flexibility index (Phi) is 4.97. The normalized spacial score (nSPS) is 27.1. The first-order chi connectivity index (χ1) is 13.2. The van der Waals surface area contributed by atoms with Gasteiger partial charge >= 0.3 is 0 Å². The number of carbonyl (C=O) groups is 2. The van der Waals surface area contributed by atoms with Gasteiger partial charge in [-0.25, -0.2) is 0 Å². The van der Waals surface area contributed by atoms with E-state index in [2.05, 4.69) is 24.4 Å². The van der Waals surface area contributed by atoms with Gasteiger partial charge in [-0.2, -0.15) is 0 Å². The van der Waals surface area contributed by atoms with Crippen LogP contribution in [0.25, 0.3) is 0 Å². The number of nitrogens with one attached hydrogen (secondary N) is 1. The van der Waals surface area contributed by atoms with Crippen LogP contribution in [-0.2, 0) is 9.59 Å². The number of amides is 2. The van der Waals surface area contributed by atoms with E-state index in [1.807, 2.05) is 53.4 Å². The molecule has 2 aliphatic rings. The molecule has 1 saturated heterocycles. The van der Waals surface area contributed by atoms with Gasteiger partial charge in [-0.05, 0) is 29.9 Å². The Bertz CT molecular complexity index is 806. The standard InChI is InChI=1S/C23H26N2O2/c1-2-9-21-22(26)24-20(17-12-7-4-8-13-17)15-25(21)23(27)19-14-18(19)16-10-5-3-6-11-16/h3-8,10-13,18-21H,2,9,14-15H2,1H3,(H,24,26)/t18-,19+,20+,21-/m0/s1. The maximum absolute atomic E-state index is 13.3. The van der Waals surface area contributed by atoms with Crippen LogP contribution in [0.1, 0.15) is 49.3 Å². The van der Waals surface area contributed by atoms with Gasteiger partial charge in [0.05, 0.1) is 6.04 Å². The summed E-state index contributed by atoms with van der Waals surface area (Å²) in [7, 11) is 0. The van der Waals surface area contributed by atoms with Crippen molar-refractivity contribution in [1.29, 1.82) is 0 Å². The SMILES string of the molecule is CCC[C@H]1C(=O)N[C@@H](c2ccccc2)CN1C(=O)[C@@H]1C[C@H]1c1ccccc1. The molecule has 2 aromatic carbocycles. The van der Waals surface area contributed by atoms with E-state index < -0.39 is 0 Å². The predicted octanol–water partition coefficient (Wildman–Crippen LogP) is 3.66. The van der Waals surface area contributed by atoms with Crippen molar-refractivity contribution in [1.82, 2.24) is 10.2 Å². The average Bonchev–Trinajstić information content (AvgIpc) is 3.51. The van der Waals surface area contributed by atoms with Gasteiger partial charge in [0.15, 0.2) is 0 Å². The number of piperazine rings is 1. The van der Waals surface area contributed by atoms with Crippen molar-refractivity contribution in [2.75, 3.05) is 6.54 Å². The van der Waals surface area contributed by atoms with Crippen molar-refractivity contribution < 1.29 is 9.59 Å². The molecular formula is C23H26N2O2. The largest absolute Gasteiger partial charge is 0.346 e. The third-order valence-electron chi connectivity index (χ3n) is 5.76. The molecule has 4 atom stereocenters. The summed E-state index contributed by atoms with van der Waals surface area (Å²) in [5.41, 5.74) is 2.28. The fourth-order valence-electron chi connectivity index (χ4n) is 4.21. The Morgan fingerprint density at radius 3 is 2.30 bits per heavy atom. The van der Waals surface area contributed by atoms with Gasteiger partial charge in [-0.1, -0.05) is 74.0 Å². The molecule has 4 rings (SSSR count). The molecule has 1 heterocycles. The van der Waals surface area contributed by atoms with Gasteiger partial charge in [0.25, 0.3) is 0 Å². The van der Waals surface area contributed by atoms with Crippen LogP contribution in [0, 0.1) is 5.92 Å². The molecule has 0 spiro atoms.